The Balaban J connectivity index is 1.71. The molecule has 1 aliphatic heterocycles. The van der Waals surface area contributed by atoms with Crippen molar-refractivity contribution in [2.75, 3.05) is 39.4 Å². The van der Waals surface area contributed by atoms with Crippen LogP contribution in [0.3, 0.4) is 0 Å². The van der Waals surface area contributed by atoms with Gasteiger partial charge in [-0.2, -0.15) is 0 Å². The number of aryl methyl sites for hydroxylation is 1. The quantitative estimate of drug-likeness (QED) is 0.721. The first-order valence-corrected chi connectivity index (χ1v) is 6.64. The van der Waals surface area contributed by atoms with Gasteiger partial charge in [-0.3, -0.25) is 9.69 Å². The van der Waals surface area contributed by atoms with Crippen LogP contribution in [0.2, 0.25) is 0 Å². The van der Waals surface area contributed by atoms with Gasteiger partial charge in [0.25, 0.3) is 0 Å². The minimum Gasteiger partial charge on any atom is -0.480 e. The number of hydrogen-bond donors (Lipinski definition) is 1. The predicted octanol–water partition coefficient (Wildman–Crippen LogP) is -0.877. The largest absolute Gasteiger partial charge is 0.480 e. The van der Waals surface area contributed by atoms with Crippen molar-refractivity contribution in [1.82, 2.24) is 20.1 Å². The van der Waals surface area contributed by atoms with Gasteiger partial charge < -0.3 is 14.7 Å². The van der Waals surface area contributed by atoms with Crippen molar-refractivity contribution in [2.45, 2.75) is 13.5 Å². The Hall–Kier alpha value is -2.00. The van der Waals surface area contributed by atoms with E-state index in [1.807, 2.05) is 6.92 Å². The average Bonchev–Trinajstić information content (AvgIpc) is 2.84. The van der Waals surface area contributed by atoms with Crippen LogP contribution in [0.15, 0.2) is 4.63 Å². The topological polar surface area (TPSA) is 109 Å². The summed E-state index contributed by atoms with van der Waals surface area (Å²) in [4.78, 5) is 25.9. The van der Waals surface area contributed by atoms with E-state index < -0.39 is 12.6 Å². The second kappa shape index (κ2) is 7.14. The lowest BCUT2D eigenvalue weighted by Gasteiger charge is -2.34. The number of carboxylic acid groups (broad SMARTS) is 1. The molecule has 0 saturated carbocycles. The average molecular weight is 298 g/mol. The summed E-state index contributed by atoms with van der Waals surface area (Å²) in [5, 5.41) is 16.0. The van der Waals surface area contributed by atoms with Crippen molar-refractivity contribution in [3.63, 3.8) is 0 Å². The highest BCUT2D eigenvalue weighted by molar-refractivity contribution is 5.78. The van der Waals surface area contributed by atoms with E-state index >= 15 is 0 Å². The fourth-order valence-corrected chi connectivity index (χ4v) is 2.08. The van der Waals surface area contributed by atoms with E-state index in [9.17, 15) is 9.59 Å². The molecular weight excluding hydrogens is 280 g/mol. The smallest absolute Gasteiger partial charge is 0.329 e. The second-order valence-electron chi connectivity index (χ2n) is 4.84. The molecule has 1 saturated heterocycles. The highest BCUT2D eigenvalue weighted by Gasteiger charge is 2.22. The van der Waals surface area contributed by atoms with Crippen molar-refractivity contribution in [3.05, 3.63) is 11.4 Å². The highest BCUT2D eigenvalue weighted by atomic mass is 16.6. The number of carbonyl (C=O) groups excluding carboxylic acids is 1. The Bertz CT molecular complexity index is 496. The molecule has 1 aromatic rings. The molecule has 1 aliphatic rings. The van der Waals surface area contributed by atoms with Gasteiger partial charge in [0.15, 0.2) is 0 Å². The second-order valence-corrected chi connectivity index (χ2v) is 4.84. The van der Waals surface area contributed by atoms with Crippen molar-refractivity contribution in [3.8, 4) is 0 Å². The van der Waals surface area contributed by atoms with E-state index in [0.29, 0.717) is 19.6 Å². The summed E-state index contributed by atoms with van der Waals surface area (Å²) < 4.78 is 9.46. The maximum absolute atomic E-state index is 11.8. The molecule has 2 rings (SSSR count). The highest BCUT2D eigenvalue weighted by Crippen LogP contribution is 2.09. The summed E-state index contributed by atoms with van der Waals surface area (Å²) in [7, 11) is 0. The molecule has 116 valence electrons. The fourth-order valence-electron chi connectivity index (χ4n) is 2.08. The fraction of sp³-hybridized carbons (Fsp3) is 0.667. The van der Waals surface area contributed by atoms with Crippen LogP contribution in [0.5, 0.6) is 0 Å². The maximum Gasteiger partial charge on any atom is 0.329 e. The van der Waals surface area contributed by atoms with Crippen molar-refractivity contribution in [1.29, 1.82) is 0 Å². The molecule has 0 aromatic carbocycles. The molecule has 0 bridgehead atoms. The van der Waals surface area contributed by atoms with Gasteiger partial charge in [-0.1, -0.05) is 10.3 Å². The van der Waals surface area contributed by atoms with Crippen LogP contribution in [0, 0.1) is 6.92 Å². The number of nitrogens with zero attached hydrogens (tertiary/aromatic N) is 4. The zero-order valence-electron chi connectivity index (χ0n) is 11.8. The van der Waals surface area contributed by atoms with Crippen LogP contribution in [-0.2, 0) is 20.9 Å². The third-order valence-electron chi connectivity index (χ3n) is 3.30. The summed E-state index contributed by atoms with van der Waals surface area (Å²) in [6, 6.07) is 0. The van der Waals surface area contributed by atoms with Crippen LogP contribution in [0.25, 0.3) is 0 Å². The Morgan fingerprint density at radius 3 is 2.52 bits per heavy atom. The molecule has 0 unspecified atom stereocenters. The van der Waals surface area contributed by atoms with Gasteiger partial charge in [-0.05, 0) is 6.92 Å². The van der Waals surface area contributed by atoms with Gasteiger partial charge in [-0.25, -0.2) is 9.42 Å². The lowest BCUT2D eigenvalue weighted by atomic mass is 10.2. The molecule has 0 aliphatic carbocycles. The zero-order valence-corrected chi connectivity index (χ0v) is 11.8. The van der Waals surface area contributed by atoms with E-state index in [4.69, 9.17) is 9.84 Å². The monoisotopic (exact) mass is 298 g/mol. The van der Waals surface area contributed by atoms with Crippen LogP contribution in [-0.4, -0.2) is 76.5 Å². The molecule has 0 spiro atoms. The van der Waals surface area contributed by atoms with Gasteiger partial charge in [-0.15, -0.1) is 0 Å². The Morgan fingerprint density at radius 2 is 1.95 bits per heavy atom. The Labute approximate surface area is 121 Å². The first kappa shape index (κ1) is 15.4. The first-order chi connectivity index (χ1) is 10.1. The molecule has 0 radical (unpaired) electrons. The number of ether oxygens (including phenoxy) is 1. The third kappa shape index (κ3) is 4.50. The summed E-state index contributed by atoms with van der Waals surface area (Å²) in [5.74, 6) is -1.26. The Kier molecular flexibility index (Phi) is 5.23. The predicted molar refractivity (Wildman–Crippen MR) is 69.3 cm³/mol. The summed E-state index contributed by atoms with van der Waals surface area (Å²) in [5.41, 5.74) is 1.58. The molecular formula is C12H18N4O5. The van der Waals surface area contributed by atoms with E-state index in [1.165, 1.54) is 0 Å². The molecule has 9 nitrogen and oxygen atoms in total. The van der Waals surface area contributed by atoms with Crippen molar-refractivity contribution < 1.29 is 24.1 Å². The summed E-state index contributed by atoms with van der Waals surface area (Å²) in [6.07, 6.45) is 0. The van der Waals surface area contributed by atoms with E-state index in [1.54, 1.807) is 4.90 Å². The van der Waals surface area contributed by atoms with Gasteiger partial charge >= 0.3 is 5.97 Å². The minimum atomic E-state index is -1.08. The lowest BCUT2D eigenvalue weighted by molar-refractivity contribution is -0.146. The van der Waals surface area contributed by atoms with E-state index in [2.05, 4.69) is 19.8 Å². The number of carboxylic acids is 1. The zero-order chi connectivity index (χ0) is 15.2. The number of carbonyl (C=O) groups is 2. The molecule has 1 fully saturated rings. The molecule has 0 atom stereocenters. The third-order valence-corrected chi connectivity index (χ3v) is 3.30. The number of amides is 1. The van der Waals surface area contributed by atoms with E-state index in [-0.39, 0.29) is 12.5 Å². The molecule has 9 heteroatoms. The lowest BCUT2D eigenvalue weighted by Crippen LogP contribution is -2.49. The normalized spacial score (nSPS) is 16.1. The van der Waals surface area contributed by atoms with Crippen molar-refractivity contribution in [2.24, 2.45) is 0 Å². The molecule has 1 amide bonds. The van der Waals surface area contributed by atoms with Crippen LogP contribution in [0.1, 0.15) is 11.4 Å². The standard InChI is InChI=1S/C12H18N4O5/c1-9-10(14-21-13-9)6-15-2-4-16(5-3-15)11(17)7-20-8-12(18)19/h2-8H2,1H3,(H,18,19). The minimum absolute atomic E-state index is 0.185. The number of aromatic nitrogens is 2. The number of aliphatic carboxylic acids is 1. The number of rotatable bonds is 6. The van der Waals surface area contributed by atoms with Gasteiger partial charge in [0.05, 0.1) is 0 Å². The summed E-state index contributed by atoms with van der Waals surface area (Å²) in [6.45, 7) is 4.44. The van der Waals surface area contributed by atoms with Gasteiger partial charge in [0, 0.05) is 32.7 Å². The van der Waals surface area contributed by atoms with Gasteiger partial charge in [0.1, 0.15) is 24.6 Å². The SMILES string of the molecule is Cc1nonc1CN1CCN(C(=O)COCC(=O)O)CC1. The maximum atomic E-state index is 11.8. The van der Waals surface area contributed by atoms with Crippen LogP contribution >= 0.6 is 0 Å². The van der Waals surface area contributed by atoms with Crippen LogP contribution in [0.4, 0.5) is 0 Å². The molecule has 21 heavy (non-hydrogen) atoms. The number of piperazine rings is 1. The van der Waals surface area contributed by atoms with Crippen molar-refractivity contribution >= 4 is 11.9 Å². The summed E-state index contributed by atoms with van der Waals surface area (Å²) >= 11 is 0. The van der Waals surface area contributed by atoms with Gasteiger partial charge in [0.2, 0.25) is 5.91 Å². The molecule has 1 aromatic heterocycles. The number of hydrogen-bond acceptors (Lipinski definition) is 7. The van der Waals surface area contributed by atoms with Crippen LogP contribution < -0.4 is 0 Å². The molecule has 1 N–H and O–H groups in total. The Morgan fingerprint density at radius 1 is 1.24 bits per heavy atom. The van der Waals surface area contributed by atoms with E-state index in [0.717, 1.165) is 24.5 Å². The first-order valence-electron chi connectivity index (χ1n) is 6.64. The molecule has 2 heterocycles.